The minimum Gasteiger partial charge on any atom is -0.379 e. The van der Waals surface area contributed by atoms with Crippen LogP contribution < -0.4 is 0 Å². The average molecular weight is 228 g/mol. The van der Waals surface area contributed by atoms with Gasteiger partial charge in [-0.3, -0.25) is 4.79 Å². The number of rotatable bonds is 9. The second-order valence-corrected chi connectivity index (χ2v) is 4.47. The molecular formula is C13H24O3. The Bertz CT molecular complexity index is 186. The van der Waals surface area contributed by atoms with Gasteiger partial charge in [0, 0.05) is 12.5 Å². The van der Waals surface area contributed by atoms with Gasteiger partial charge in [-0.05, 0) is 19.3 Å². The standard InChI is InChI=1S/C13H24O3/c1-2-3-8-15-9-10-16-11-13(14)12-6-4-5-7-12/h12H,2-11H2,1H3. The molecule has 1 saturated carbocycles. The molecular weight excluding hydrogens is 204 g/mol. The Morgan fingerprint density at radius 3 is 2.50 bits per heavy atom. The van der Waals surface area contributed by atoms with Crippen molar-refractivity contribution >= 4 is 5.78 Å². The van der Waals surface area contributed by atoms with Crippen molar-refractivity contribution in [3.05, 3.63) is 0 Å². The van der Waals surface area contributed by atoms with Crippen LogP contribution >= 0.6 is 0 Å². The molecule has 0 unspecified atom stereocenters. The van der Waals surface area contributed by atoms with E-state index in [1.54, 1.807) is 0 Å². The second kappa shape index (κ2) is 8.71. The van der Waals surface area contributed by atoms with Crippen LogP contribution in [0.1, 0.15) is 45.4 Å². The molecule has 3 nitrogen and oxygen atoms in total. The van der Waals surface area contributed by atoms with E-state index in [9.17, 15) is 4.79 Å². The van der Waals surface area contributed by atoms with E-state index in [-0.39, 0.29) is 18.3 Å². The molecule has 0 aromatic carbocycles. The fourth-order valence-electron chi connectivity index (χ4n) is 2.00. The number of carbonyl (C=O) groups excluding carboxylic acids is 1. The molecule has 0 N–H and O–H groups in total. The van der Waals surface area contributed by atoms with Crippen molar-refractivity contribution in [2.24, 2.45) is 5.92 Å². The molecule has 1 aliphatic carbocycles. The number of hydrogen-bond donors (Lipinski definition) is 0. The van der Waals surface area contributed by atoms with Gasteiger partial charge < -0.3 is 9.47 Å². The first kappa shape index (κ1) is 13.7. The van der Waals surface area contributed by atoms with Crippen molar-refractivity contribution in [1.29, 1.82) is 0 Å². The van der Waals surface area contributed by atoms with E-state index in [4.69, 9.17) is 9.47 Å². The lowest BCUT2D eigenvalue weighted by Crippen LogP contribution is -2.19. The van der Waals surface area contributed by atoms with Crippen LogP contribution in [0.3, 0.4) is 0 Å². The van der Waals surface area contributed by atoms with Crippen molar-refractivity contribution in [2.45, 2.75) is 45.4 Å². The molecule has 94 valence electrons. The molecule has 0 radical (unpaired) electrons. The average Bonchev–Trinajstić information content (AvgIpc) is 2.81. The van der Waals surface area contributed by atoms with Crippen LogP contribution in [0, 0.1) is 5.92 Å². The molecule has 0 aliphatic heterocycles. The smallest absolute Gasteiger partial charge is 0.161 e. The summed E-state index contributed by atoms with van der Waals surface area (Å²) in [5.41, 5.74) is 0. The van der Waals surface area contributed by atoms with Crippen molar-refractivity contribution in [1.82, 2.24) is 0 Å². The minimum absolute atomic E-state index is 0.279. The summed E-state index contributed by atoms with van der Waals surface area (Å²) in [6, 6.07) is 0. The normalized spacial score (nSPS) is 16.8. The summed E-state index contributed by atoms with van der Waals surface area (Å²) in [6.45, 7) is 4.37. The highest BCUT2D eigenvalue weighted by molar-refractivity contribution is 5.82. The van der Waals surface area contributed by atoms with E-state index in [0.29, 0.717) is 13.2 Å². The molecule has 16 heavy (non-hydrogen) atoms. The number of ketones is 1. The molecule has 3 heteroatoms. The van der Waals surface area contributed by atoms with Crippen molar-refractivity contribution in [3.63, 3.8) is 0 Å². The molecule has 0 heterocycles. The van der Waals surface area contributed by atoms with Crippen LogP contribution in [-0.4, -0.2) is 32.2 Å². The third-order valence-electron chi connectivity index (χ3n) is 3.07. The lowest BCUT2D eigenvalue weighted by Gasteiger charge is -2.08. The molecule has 1 rings (SSSR count). The summed E-state index contributed by atoms with van der Waals surface area (Å²) in [5.74, 6) is 0.562. The van der Waals surface area contributed by atoms with E-state index < -0.39 is 0 Å². The maximum atomic E-state index is 11.6. The Morgan fingerprint density at radius 1 is 1.12 bits per heavy atom. The van der Waals surface area contributed by atoms with Crippen molar-refractivity contribution < 1.29 is 14.3 Å². The summed E-state index contributed by atoms with van der Waals surface area (Å²) in [7, 11) is 0. The van der Waals surface area contributed by atoms with Gasteiger partial charge in [-0.15, -0.1) is 0 Å². The van der Waals surface area contributed by atoms with Gasteiger partial charge in [-0.1, -0.05) is 26.2 Å². The number of carbonyl (C=O) groups is 1. The Kier molecular flexibility index (Phi) is 7.43. The highest BCUT2D eigenvalue weighted by atomic mass is 16.5. The van der Waals surface area contributed by atoms with Crippen molar-refractivity contribution in [2.75, 3.05) is 26.4 Å². The van der Waals surface area contributed by atoms with Gasteiger partial charge in [0.25, 0.3) is 0 Å². The van der Waals surface area contributed by atoms with Gasteiger partial charge in [-0.25, -0.2) is 0 Å². The maximum Gasteiger partial charge on any atom is 0.161 e. The molecule has 0 bridgehead atoms. The van der Waals surface area contributed by atoms with Crippen molar-refractivity contribution in [3.8, 4) is 0 Å². The lowest BCUT2D eigenvalue weighted by molar-refractivity contribution is -0.127. The second-order valence-electron chi connectivity index (χ2n) is 4.47. The number of Topliss-reactive ketones (excluding diaryl/α,β-unsaturated/α-hetero) is 1. The van der Waals surface area contributed by atoms with E-state index in [0.717, 1.165) is 32.3 Å². The first-order chi connectivity index (χ1) is 7.84. The van der Waals surface area contributed by atoms with Gasteiger partial charge in [0.15, 0.2) is 5.78 Å². The number of ether oxygens (including phenoxy) is 2. The van der Waals surface area contributed by atoms with E-state index in [1.165, 1.54) is 12.8 Å². The van der Waals surface area contributed by atoms with Crippen LogP contribution in [-0.2, 0) is 14.3 Å². The predicted octanol–water partition coefficient (Wildman–Crippen LogP) is 2.58. The van der Waals surface area contributed by atoms with Gasteiger partial charge in [0.05, 0.1) is 13.2 Å². The first-order valence-corrected chi connectivity index (χ1v) is 6.52. The number of unbranched alkanes of at least 4 members (excludes halogenated alkanes) is 1. The minimum atomic E-state index is 0.279. The van der Waals surface area contributed by atoms with Gasteiger partial charge in [-0.2, -0.15) is 0 Å². The summed E-state index contributed by atoms with van der Waals surface area (Å²) in [6.07, 6.45) is 6.79. The van der Waals surface area contributed by atoms with Gasteiger partial charge in [0.1, 0.15) is 6.61 Å². The molecule has 0 aromatic rings. The predicted molar refractivity (Wildman–Crippen MR) is 63.5 cm³/mol. The highest BCUT2D eigenvalue weighted by Crippen LogP contribution is 2.25. The van der Waals surface area contributed by atoms with Crippen LogP contribution in [0.4, 0.5) is 0 Å². The Labute approximate surface area is 98.5 Å². The molecule has 0 spiro atoms. The molecule has 1 aliphatic rings. The monoisotopic (exact) mass is 228 g/mol. The Morgan fingerprint density at radius 2 is 1.81 bits per heavy atom. The van der Waals surface area contributed by atoms with Crippen LogP contribution in [0.15, 0.2) is 0 Å². The van der Waals surface area contributed by atoms with Crippen LogP contribution in [0.2, 0.25) is 0 Å². The number of hydrogen-bond acceptors (Lipinski definition) is 3. The van der Waals surface area contributed by atoms with Gasteiger partial charge in [0.2, 0.25) is 0 Å². The van der Waals surface area contributed by atoms with E-state index in [2.05, 4.69) is 6.92 Å². The summed E-state index contributed by atoms with van der Waals surface area (Å²) < 4.78 is 10.7. The topological polar surface area (TPSA) is 35.5 Å². The zero-order chi connectivity index (χ0) is 11.6. The van der Waals surface area contributed by atoms with E-state index >= 15 is 0 Å². The fourth-order valence-corrected chi connectivity index (χ4v) is 2.00. The Balaban J connectivity index is 1.88. The van der Waals surface area contributed by atoms with Crippen LogP contribution in [0.25, 0.3) is 0 Å². The fraction of sp³-hybridized carbons (Fsp3) is 0.923. The highest BCUT2D eigenvalue weighted by Gasteiger charge is 2.22. The SMILES string of the molecule is CCCCOCCOCC(=O)C1CCCC1. The molecule has 0 atom stereocenters. The van der Waals surface area contributed by atoms with E-state index in [1.807, 2.05) is 0 Å². The Hall–Kier alpha value is -0.410. The lowest BCUT2D eigenvalue weighted by atomic mass is 10.0. The molecule has 0 aromatic heterocycles. The zero-order valence-corrected chi connectivity index (χ0v) is 10.4. The van der Waals surface area contributed by atoms with Gasteiger partial charge >= 0.3 is 0 Å². The molecule has 0 saturated heterocycles. The molecule has 1 fully saturated rings. The first-order valence-electron chi connectivity index (χ1n) is 6.52. The largest absolute Gasteiger partial charge is 0.379 e. The third-order valence-corrected chi connectivity index (χ3v) is 3.07. The third kappa shape index (κ3) is 5.61. The zero-order valence-electron chi connectivity index (χ0n) is 10.4. The summed E-state index contributed by atoms with van der Waals surface area (Å²) in [4.78, 5) is 11.6. The molecule has 0 amide bonds. The summed E-state index contributed by atoms with van der Waals surface area (Å²) in [5, 5.41) is 0. The quantitative estimate of drug-likeness (QED) is 0.569. The summed E-state index contributed by atoms with van der Waals surface area (Å²) >= 11 is 0. The van der Waals surface area contributed by atoms with Crippen LogP contribution in [0.5, 0.6) is 0 Å². The maximum absolute atomic E-state index is 11.6.